The van der Waals surface area contributed by atoms with Crippen LogP contribution in [0.2, 0.25) is 0 Å². The second-order valence-corrected chi connectivity index (χ2v) is 8.18. The van der Waals surface area contributed by atoms with Gasteiger partial charge in [0.25, 0.3) is 0 Å². The molecular weight excluding hydrogens is 380 g/mol. The van der Waals surface area contributed by atoms with E-state index < -0.39 is 0 Å². The Labute approximate surface area is 177 Å². The number of nitrogens with one attached hydrogen (secondary N) is 2. The highest BCUT2D eigenvalue weighted by molar-refractivity contribution is 5.89. The van der Waals surface area contributed by atoms with Crippen molar-refractivity contribution in [2.24, 2.45) is 0 Å². The standard InChI is InChI=1S/C23H28N4O3/c1-26-12-11-23(26)15-27(16-23)21(28)13-17-3-7-19(8-4-17)25-22(29)24-14-18-5-9-20(30-2)10-6-18/h3-10H,11-16H2,1-2H3,(H2,24,25,29). The van der Waals surface area contributed by atoms with Gasteiger partial charge in [0.15, 0.2) is 0 Å². The fourth-order valence-corrected chi connectivity index (χ4v) is 3.99. The van der Waals surface area contributed by atoms with E-state index in [2.05, 4.69) is 22.6 Å². The summed E-state index contributed by atoms with van der Waals surface area (Å²) in [6.07, 6.45) is 1.58. The van der Waals surface area contributed by atoms with Crippen LogP contribution in [0.5, 0.6) is 5.75 Å². The molecule has 2 saturated heterocycles. The average Bonchev–Trinajstić information content (AvgIpc) is 2.72. The number of carbonyl (C=O) groups is 2. The first-order valence-electron chi connectivity index (χ1n) is 10.2. The molecular formula is C23H28N4O3. The third kappa shape index (κ3) is 4.26. The molecule has 7 heteroatoms. The van der Waals surface area contributed by atoms with Crippen molar-refractivity contribution in [2.45, 2.75) is 24.9 Å². The maximum absolute atomic E-state index is 12.5. The van der Waals surface area contributed by atoms with Crippen LogP contribution in [-0.4, -0.2) is 61.1 Å². The lowest BCUT2D eigenvalue weighted by Crippen LogP contribution is -2.76. The maximum Gasteiger partial charge on any atom is 0.319 e. The van der Waals surface area contributed by atoms with Gasteiger partial charge in [-0.15, -0.1) is 0 Å². The zero-order valence-electron chi connectivity index (χ0n) is 17.5. The Bertz CT molecular complexity index is 905. The Kier molecular flexibility index (Phi) is 5.63. The molecule has 2 fully saturated rings. The van der Waals surface area contributed by atoms with Crippen molar-refractivity contribution in [3.8, 4) is 5.75 Å². The number of likely N-dealkylation sites (N-methyl/N-ethyl adjacent to an activating group) is 1. The van der Waals surface area contributed by atoms with Gasteiger partial charge in [-0.1, -0.05) is 24.3 Å². The lowest BCUT2D eigenvalue weighted by molar-refractivity contribution is -0.156. The molecule has 0 aliphatic carbocycles. The van der Waals surface area contributed by atoms with E-state index in [4.69, 9.17) is 4.74 Å². The molecule has 0 aromatic heterocycles. The van der Waals surface area contributed by atoms with Crippen molar-refractivity contribution in [2.75, 3.05) is 39.1 Å². The molecule has 0 atom stereocenters. The molecule has 0 bridgehead atoms. The monoisotopic (exact) mass is 408 g/mol. The number of anilines is 1. The van der Waals surface area contributed by atoms with Gasteiger partial charge in [0.1, 0.15) is 5.75 Å². The predicted octanol–water partition coefficient (Wildman–Crippen LogP) is 2.48. The summed E-state index contributed by atoms with van der Waals surface area (Å²) in [5.74, 6) is 0.949. The molecule has 7 nitrogen and oxygen atoms in total. The lowest BCUT2D eigenvalue weighted by atomic mass is 9.78. The van der Waals surface area contributed by atoms with Crippen LogP contribution in [0.1, 0.15) is 17.5 Å². The highest BCUT2D eigenvalue weighted by Gasteiger charge is 2.52. The van der Waals surface area contributed by atoms with Crippen LogP contribution >= 0.6 is 0 Å². The van der Waals surface area contributed by atoms with Gasteiger partial charge in [0, 0.05) is 31.9 Å². The normalized spacial score (nSPS) is 17.1. The Hall–Kier alpha value is -3.06. The number of carbonyl (C=O) groups excluding carboxylic acids is 2. The summed E-state index contributed by atoms with van der Waals surface area (Å²) in [7, 11) is 3.75. The minimum Gasteiger partial charge on any atom is -0.497 e. The number of hydrogen-bond acceptors (Lipinski definition) is 4. The molecule has 3 amide bonds. The Morgan fingerprint density at radius 1 is 1.03 bits per heavy atom. The van der Waals surface area contributed by atoms with Crippen LogP contribution in [0.4, 0.5) is 10.5 Å². The van der Waals surface area contributed by atoms with E-state index in [1.54, 1.807) is 7.11 Å². The quantitative estimate of drug-likeness (QED) is 0.770. The van der Waals surface area contributed by atoms with Crippen molar-refractivity contribution in [3.05, 3.63) is 59.7 Å². The summed E-state index contributed by atoms with van der Waals surface area (Å²) >= 11 is 0. The van der Waals surface area contributed by atoms with Gasteiger partial charge < -0.3 is 20.3 Å². The largest absolute Gasteiger partial charge is 0.497 e. The Morgan fingerprint density at radius 3 is 2.27 bits per heavy atom. The molecule has 2 aliphatic heterocycles. The zero-order chi connectivity index (χ0) is 21.1. The van der Waals surface area contributed by atoms with E-state index in [0.717, 1.165) is 36.5 Å². The molecule has 0 radical (unpaired) electrons. The van der Waals surface area contributed by atoms with Crippen LogP contribution in [0.3, 0.4) is 0 Å². The Balaban J connectivity index is 1.21. The molecule has 2 aliphatic rings. The van der Waals surface area contributed by atoms with Crippen LogP contribution in [0.25, 0.3) is 0 Å². The van der Waals surface area contributed by atoms with Crippen molar-refractivity contribution >= 4 is 17.6 Å². The first-order chi connectivity index (χ1) is 14.5. The van der Waals surface area contributed by atoms with Gasteiger partial charge in [-0.2, -0.15) is 0 Å². The van der Waals surface area contributed by atoms with Crippen LogP contribution in [0, 0.1) is 0 Å². The fourth-order valence-electron chi connectivity index (χ4n) is 3.99. The summed E-state index contributed by atoms with van der Waals surface area (Å²) in [5.41, 5.74) is 2.88. The van der Waals surface area contributed by atoms with Crippen LogP contribution in [0.15, 0.2) is 48.5 Å². The number of urea groups is 1. The molecule has 158 valence electrons. The highest BCUT2D eigenvalue weighted by Crippen LogP contribution is 2.37. The third-order valence-corrected chi connectivity index (χ3v) is 6.22. The van der Waals surface area contributed by atoms with E-state index in [1.165, 1.54) is 6.42 Å². The smallest absolute Gasteiger partial charge is 0.319 e. The number of likely N-dealkylation sites (tertiary alicyclic amines) is 2. The molecule has 2 aromatic carbocycles. The van der Waals surface area contributed by atoms with Gasteiger partial charge in [-0.05, 0) is 48.9 Å². The number of nitrogens with zero attached hydrogens (tertiary/aromatic N) is 2. The van der Waals surface area contributed by atoms with E-state index in [9.17, 15) is 9.59 Å². The summed E-state index contributed by atoms with van der Waals surface area (Å²) in [6, 6.07) is 14.7. The molecule has 1 spiro atoms. The van der Waals surface area contributed by atoms with Crippen LogP contribution in [-0.2, 0) is 17.8 Å². The second kappa shape index (κ2) is 8.36. The average molecular weight is 409 g/mol. The summed E-state index contributed by atoms with van der Waals surface area (Å²) < 4.78 is 5.13. The van der Waals surface area contributed by atoms with Crippen molar-refractivity contribution < 1.29 is 14.3 Å². The second-order valence-electron chi connectivity index (χ2n) is 8.18. The van der Waals surface area contributed by atoms with E-state index in [1.807, 2.05) is 53.4 Å². The van der Waals surface area contributed by atoms with E-state index in [-0.39, 0.29) is 17.5 Å². The van der Waals surface area contributed by atoms with Gasteiger partial charge >= 0.3 is 6.03 Å². The van der Waals surface area contributed by atoms with Gasteiger partial charge in [0.2, 0.25) is 5.91 Å². The molecule has 2 aromatic rings. The minimum absolute atomic E-state index is 0.166. The highest BCUT2D eigenvalue weighted by atomic mass is 16.5. The van der Waals surface area contributed by atoms with Crippen LogP contribution < -0.4 is 15.4 Å². The summed E-state index contributed by atoms with van der Waals surface area (Å²) in [5, 5.41) is 5.64. The number of ether oxygens (including phenoxy) is 1. The topological polar surface area (TPSA) is 73.9 Å². The van der Waals surface area contributed by atoms with Gasteiger partial charge in [-0.25, -0.2) is 4.79 Å². The molecule has 2 heterocycles. The molecule has 2 N–H and O–H groups in total. The van der Waals surface area contributed by atoms with E-state index in [0.29, 0.717) is 18.7 Å². The molecule has 0 saturated carbocycles. The number of hydrogen-bond donors (Lipinski definition) is 2. The summed E-state index contributed by atoms with van der Waals surface area (Å²) in [6.45, 7) is 3.24. The molecule has 30 heavy (non-hydrogen) atoms. The third-order valence-electron chi connectivity index (χ3n) is 6.22. The lowest BCUT2D eigenvalue weighted by Gasteiger charge is -2.61. The first-order valence-corrected chi connectivity index (χ1v) is 10.2. The Morgan fingerprint density at radius 2 is 1.70 bits per heavy atom. The zero-order valence-corrected chi connectivity index (χ0v) is 17.5. The number of amides is 3. The van der Waals surface area contributed by atoms with Gasteiger partial charge in [-0.3, -0.25) is 9.69 Å². The predicted molar refractivity (Wildman–Crippen MR) is 116 cm³/mol. The first kappa shape index (κ1) is 20.2. The number of benzene rings is 2. The van der Waals surface area contributed by atoms with E-state index >= 15 is 0 Å². The maximum atomic E-state index is 12.5. The number of rotatable bonds is 6. The van der Waals surface area contributed by atoms with Crippen molar-refractivity contribution in [3.63, 3.8) is 0 Å². The van der Waals surface area contributed by atoms with Crippen molar-refractivity contribution in [1.29, 1.82) is 0 Å². The summed E-state index contributed by atoms with van der Waals surface area (Å²) in [4.78, 5) is 28.9. The molecule has 0 unspecified atom stereocenters. The minimum atomic E-state index is -0.273. The molecule has 4 rings (SSSR count). The van der Waals surface area contributed by atoms with Gasteiger partial charge in [0.05, 0.1) is 19.1 Å². The fraction of sp³-hybridized carbons (Fsp3) is 0.391. The van der Waals surface area contributed by atoms with Crippen molar-refractivity contribution in [1.82, 2.24) is 15.1 Å². The number of methoxy groups -OCH3 is 1. The SMILES string of the molecule is COc1ccc(CNC(=O)Nc2ccc(CC(=O)N3CC4(CCN4C)C3)cc2)cc1.